The zero-order valence-electron chi connectivity index (χ0n) is 9.02. The summed E-state index contributed by atoms with van der Waals surface area (Å²) in [4.78, 5) is 35.3. The van der Waals surface area contributed by atoms with E-state index in [1.54, 1.807) is 7.05 Å². The molecule has 0 aromatic carbocycles. The summed E-state index contributed by atoms with van der Waals surface area (Å²) in [7, 11) is 1.64. The van der Waals surface area contributed by atoms with Gasteiger partial charge in [-0.2, -0.15) is 0 Å². The van der Waals surface area contributed by atoms with E-state index >= 15 is 0 Å². The van der Waals surface area contributed by atoms with Crippen molar-refractivity contribution < 1.29 is 19.5 Å². The van der Waals surface area contributed by atoms with Crippen LogP contribution in [0.4, 0.5) is 0 Å². The largest absolute Gasteiger partial charge is 0.480 e. The summed E-state index contributed by atoms with van der Waals surface area (Å²) < 4.78 is 0. The molecule has 2 fully saturated rings. The van der Waals surface area contributed by atoms with E-state index in [1.807, 2.05) is 0 Å². The van der Waals surface area contributed by atoms with Gasteiger partial charge in [0, 0.05) is 20.0 Å². The number of carbonyl (C=O) groups excluding carboxylic acids is 2. The lowest BCUT2D eigenvalue weighted by molar-refractivity contribution is -0.143. The average molecular weight is 226 g/mol. The Morgan fingerprint density at radius 1 is 1.50 bits per heavy atom. The van der Waals surface area contributed by atoms with Crippen molar-refractivity contribution in [2.45, 2.75) is 24.8 Å². The predicted molar refractivity (Wildman–Crippen MR) is 53.5 cm³/mol. The minimum Gasteiger partial charge on any atom is -0.480 e. The third kappa shape index (κ3) is 1.75. The Bertz CT molecular complexity index is 362. The quantitative estimate of drug-likeness (QED) is 0.659. The van der Waals surface area contributed by atoms with Crippen LogP contribution in [-0.2, 0) is 14.4 Å². The normalized spacial score (nSPS) is 26.7. The molecule has 88 valence electrons. The van der Waals surface area contributed by atoms with Crippen molar-refractivity contribution in [3.63, 3.8) is 0 Å². The van der Waals surface area contributed by atoms with E-state index in [0.717, 1.165) is 0 Å². The number of aliphatic carboxylic acids is 1. The highest BCUT2D eigenvalue weighted by atomic mass is 16.4. The maximum absolute atomic E-state index is 11.7. The molecule has 6 heteroatoms. The Morgan fingerprint density at radius 2 is 2.12 bits per heavy atom. The minimum atomic E-state index is -1.05. The van der Waals surface area contributed by atoms with Crippen LogP contribution in [0.15, 0.2) is 0 Å². The second-order valence-corrected chi connectivity index (χ2v) is 4.55. The van der Waals surface area contributed by atoms with E-state index < -0.39 is 17.4 Å². The van der Waals surface area contributed by atoms with Gasteiger partial charge in [0.2, 0.25) is 11.8 Å². The Labute approximate surface area is 92.6 Å². The fraction of sp³-hybridized carbons (Fsp3) is 0.700. The summed E-state index contributed by atoms with van der Waals surface area (Å²) >= 11 is 0. The molecule has 1 unspecified atom stereocenters. The molecule has 16 heavy (non-hydrogen) atoms. The highest BCUT2D eigenvalue weighted by Gasteiger charge is 2.52. The second kappa shape index (κ2) is 3.47. The van der Waals surface area contributed by atoms with Crippen LogP contribution in [0.25, 0.3) is 0 Å². The van der Waals surface area contributed by atoms with Gasteiger partial charge in [-0.05, 0) is 12.8 Å². The molecule has 1 saturated carbocycles. The molecule has 1 saturated heterocycles. The summed E-state index contributed by atoms with van der Waals surface area (Å²) in [6.45, 7) is 0.375. The summed E-state index contributed by atoms with van der Waals surface area (Å²) in [5, 5.41) is 11.4. The van der Waals surface area contributed by atoms with Crippen LogP contribution in [0, 0.1) is 5.92 Å². The first kappa shape index (κ1) is 10.9. The Kier molecular flexibility index (Phi) is 2.36. The van der Waals surface area contributed by atoms with Crippen LogP contribution in [0.5, 0.6) is 0 Å². The van der Waals surface area contributed by atoms with Crippen LogP contribution in [-0.4, -0.2) is 46.9 Å². The van der Waals surface area contributed by atoms with E-state index in [1.165, 1.54) is 4.90 Å². The highest BCUT2D eigenvalue weighted by molar-refractivity contribution is 5.93. The molecule has 1 heterocycles. The zero-order valence-corrected chi connectivity index (χ0v) is 9.02. The van der Waals surface area contributed by atoms with Crippen molar-refractivity contribution >= 4 is 17.8 Å². The molecule has 2 amide bonds. The molecule has 1 atom stereocenters. The zero-order chi connectivity index (χ0) is 11.9. The molecule has 2 N–H and O–H groups in total. The van der Waals surface area contributed by atoms with Crippen molar-refractivity contribution in [2.75, 3.05) is 13.6 Å². The van der Waals surface area contributed by atoms with E-state index in [-0.39, 0.29) is 18.2 Å². The van der Waals surface area contributed by atoms with Gasteiger partial charge < -0.3 is 15.3 Å². The lowest BCUT2D eigenvalue weighted by Crippen LogP contribution is -2.46. The van der Waals surface area contributed by atoms with Crippen LogP contribution in [0.1, 0.15) is 19.3 Å². The van der Waals surface area contributed by atoms with Gasteiger partial charge in [0.05, 0.1) is 5.92 Å². The van der Waals surface area contributed by atoms with Crippen molar-refractivity contribution in [3.05, 3.63) is 0 Å². The average Bonchev–Trinajstić information content (AvgIpc) is 2.90. The number of nitrogens with zero attached hydrogens (tertiary/aromatic N) is 1. The van der Waals surface area contributed by atoms with E-state index in [9.17, 15) is 14.4 Å². The van der Waals surface area contributed by atoms with Crippen LogP contribution in [0.3, 0.4) is 0 Å². The molecule has 0 aromatic rings. The fourth-order valence-corrected chi connectivity index (χ4v) is 1.89. The third-order valence-electron chi connectivity index (χ3n) is 3.23. The number of rotatable bonds is 3. The maximum atomic E-state index is 11.7. The number of nitrogens with one attached hydrogen (secondary N) is 1. The summed E-state index contributed by atoms with van der Waals surface area (Å²) in [6, 6.07) is 0. The molecular formula is C10H14N2O4. The lowest BCUT2D eigenvalue weighted by Gasteiger charge is -2.15. The molecule has 0 bridgehead atoms. The minimum absolute atomic E-state index is 0.0691. The van der Waals surface area contributed by atoms with E-state index in [4.69, 9.17) is 5.11 Å². The Balaban J connectivity index is 1.95. The van der Waals surface area contributed by atoms with Crippen LogP contribution in [0.2, 0.25) is 0 Å². The van der Waals surface area contributed by atoms with Crippen molar-refractivity contribution in [2.24, 2.45) is 5.92 Å². The molecular weight excluding hydrogens is 212 g/mol. The van der Waals surface area contributed by atoms with Gasteiger partial charge in [-0.1, -0.05) is 0 Å². The smallest absolute Gasteiger partial charge is 0.329 e. The molecule has 0 spiro atoms. The Hall–Kier alpha value is -1.59. The molecule has 6 nitrogen and oxygen atoms in total. The van der Waals surface area contributed by atoms with Gasteiger partial charge in [0.15, 0.2) is 0 Å². The first-order valence-corrected chi connectivity index (χ1v) is 5.24. The summed E-state index contributed by atoms with van der Waals surface area (Å²) in [5.41, 5.74) is -1.05. The van der Waals surface area contributed by atoms with Gasteiger partial charge in [0.1, 0.15) is 5.54 Å². The predicted octanol–water partition coefficient (Wildman–Crippen LogP) is -0.802. The fourth-order valence-electron chi connectivity index (χ4n) is 1.89. The first-order chi connectivity index (χ1) is 7.44. The maximum Gasteiger partial charge on any atom is 0.329 e. The SMILES string of the molecule is CN1CC(C(=O)NC2(C(=O)O)CC2)CC1=O. The number of carboxylic acids is 1. The summed E-state index contributed by atoms with van der Waals surface area (Å²) in [5.74, 6) is -1.79. The topological polar surface area (TPSA) is 86.7 Å². The number of carbonyl (C=O) groups is 3. The molecule has 1 aliphatic heterocycles. The van der Waals surface area contributed by atoms with Crippen LogP contribution < -0.4 is 5.32 Å². The standard InChI is InChI=1S/C10H14N2O4/c1-12-5-6(4-7(12)13)8(14)11-10(2-3-10)9(15)16/h6H,2-5H2,1H3,(H,11,14)(H,15,16). The van der Waals surface area contributed by atoms with Crippen molar-refractivity contribution in [1.29, 1.82) is 0 Å². The Morgan fingerprint density at radius 3 is 2.50 bits per heavy atom. The monoisotopic (exact) mass is 226 g/mol. The molecule has 0 radical (unpaired) electrons. The van der Waals surface area contributed by atoms with E-state index in [2.05, 4.69) is 5.32 Å². The van der Waals surface area contributed by atoms with Gasteiger partial charge in [-0.25, -0.2) is 4.79 Å². The van der Waals surface area contributed by atoms with Gasteiger partial charge >= 0.3 is 5.97 Å². The van der Waals surface area contributed by atoms with E-state index in [0.29, 0.717) is 19.4 Å². The number of likely N-dealkylation sites (tertiary alicyclic amines) is 1. The highest BCUT2D eigenvalue weighted by Crippen LogP contribution is 2.36. The number of hydrogen-bond donors (Lipinski definition) is 2. The van der Waals surface area contributed by atoms with Gasteiger partial charge in [-0.3, -0.25) is 9.59 Å². The molecule has 2 rings (SSSR count). The summed E-state index contributed by atoms with van der Waals surface area (Å²) in [6.07, 6.45) is 1.13. The van der Waals surface area contributed by atoms with Crippen LogP contribution >= 0.6 is 0 Å². The molecule has 1 aliphatic carbocycles. The van der Waals surface area contributed by atoms with Gasteiger partial charge in [-0.15, -0.1) is 0 Å². The molecule has 0 aromatic heterocycles. The number of amides is 2. The number of hydrogen-bond acceptors (Lipinski definition) is 3. The second-order valence-electron chi connectivity index (χ2n) is 4.55. The van der Waals surface area contributed by atoms with Gasteiger partial charge in [0.25, 0.3) is 0 Å². The molecule has 2 aliphatic rings. The lowest BCUT2D eigenvalue weighted by atomic mass is 10.1. The third-order valence-corrected chi connectivity index (χ3v) is 3.23. The van der Waals surface area contributed by atoms with Crippen molar-refractivity contribution in [1.82, 2.24) is 10.2 Å². The first-order valence-electron chi connectivity index (χ1n) is 5.24. The van der Waals surface area contributed by atoms with Crippen molar-refractivity contribution in [3.8, 4) is 0 Å². The number of carboxylic acid groups (broad SMARTS) is 1.